The number of benzene rings is 3. The number of Topliss-reactive ketones (excluding diaryl/α,β-unsaturated/α-hetero) is 1. The molecule has 248 valence electrons. The number of nitrogens with one attached hydrogen (secondary N) is 1. The average molecular weight is 647 g/mol. The molecule has 2 aliphatic rings. The van der Waals surface area contributed by atoms with Gasteiger partial charge in [0.15, 0.2) is 28.4 Å². The molecule has 0 atom stereocenters. The van der Waals surface area contributed by atoms with Gasteiger partial charge >= 0.3 is 0 Å². The van der Waals surface area contributed by atoms with E-state index in [1.54, 1.807) is 37.4 Å². The minimum atomic E-state index is -0.262. The third-order valence-electron chi connectivity index (χ3n) is 9.07. The van der Waals surface area contributed by atoms with Gasteiger partial charge in [-0.25, -0.2) is 8.78 Å². The van der Waals surface area contributed by atoms with E-state index in [1.165, 1.54) is 31.2 Å². The lowest BCUT2D eigenvalue weighted by molar-refractivity contribution is 0.101. The van der Waals surface area contributed by atoms with E-state index in [4.69, 9.17) is 18.5 Å². The van der Waals surface area contributed by atoms with E-state index < -0.39 is 0 Å². The van der Waals surface area contributed by atoms with Crippen LogP contribution in [0, 0.1) is 11.6 Å². The summed E-state index contributed by atoms with van der Waals surface area (Å²) in [5.41, 5.74) is 3.71. The van der Waals surface area contributed by atoms with Gasteiger partial charge in [0.05, 0.1) is 25.1 Å². The molecule has 5 aromatic rings. The quantitative estimate of drug-likeness (QED) is 0.131. The minimum Gasteiger partial charge on any atom is -0.493 e. The Morgan fingerprint density at radius 1 is 0.851 bits per heavy atom. The molecule has 0 radical (unpaired) electrons. The van der Waals surface area contributed by atoms with E-state index in [2.05, 4.69) is 20.5 Å². The van der Waals surface area contributed by atoms with E-state index in [-0.39, 0.29) is 17.4 Å². The van der Waals surface area contributed by atoms with Crippen molar-refractivity contribution in [3.8, 4) is 11.5 Å². The lowest BCUT2D eigenvalue weighted by Crippen LogP contribution is -2.34. The first-order chi connectivity index (χ1) is 22.9. The zero-order valence-electron chi connectivity index (χ0n) is 26.8. The van der Waals surface area contributed by atoms with Gasteiger partial charge in [-0.3, -0.25) is 4.79 Å². The number of aromatic nitrogens is 2. The Balaban J connectivity index is 0.000000201. The Bertz CT molecular complexity index is 1810. The summed E-state index contributed by atoms with van der Waals surface area (Å²) in [4.78, 5) is 13.9. The monoisotopic (exact) mass is 646 g/mol. The van der Waals surface area contributed by atoms with Gasteiger partial charge in [0, 0.05) is 34.7 Å². The molecule has 7 rings (SSSR count). The standard InChI is InChI=1S/C24H27FN2O4.C12H13FN2O/c1-16(28)18-4-6-22(23(14-18)29-2)30-13-3-10-27-11-8-17(9-12-27)24-20-15-19(25)5-7-21(20)31-26-24;13-9-1-2-11-10(7-9)12(15-16-11)8-3-5-14-6-4-8/h4-7,14-15,17H,3,8-13H2,1-2H3;1-2,7-8,14H,3-6H2. The van der Waals surface area contributed by atoms with Crippen molar-refractivity contribution >= 4 is 27.7 Å². The van der Waals surface area contributed by atoms with E-state index in [0.29, 0.717) is 46.7 Å². The number of methoxy groups -OCH3 is 1. The first-order valence-electron chi connectivity index (χ1n) is 16.2. The van der Waals surface area contributed by atoms with Crippen LogP contribution in [-0.2, 0) is 0 Å². The molecule has 0 aliphatic carbocycles. The first kappa shape index (κ1) is 32.6. The maximum atomic E-state index is 13.6. The Morgan fingerprint density at radius 3 is 2.02 bits per heavy atom. The second-order valence-electron chi connectivity index (χ2n) is 12.2. The predicted octanol–water partition coefficient (Wildman–Crippen LogP) is 7.26. The van der Waals surface area contributed by atoms with Crippen LogP contribution in [0.1, 0.15) is 72.6 Å². The summed E-state index contributed by atoms with van der Waals surface area (Å²) in [6, 6.07) is 14.4. The number of hydrogen-bond acceptors (Lipinski definition) is 9. The summed E-state index contributed by atoms with van der Waals surface area (Å²) >= 11 is 0. The summed E-state index contributed by atoms with van der Waals surface area (Å²) in [5, 5.41) is 13.2. The summed E-state index contributed by atoms with van der Waals surface area (Å²) in [5.74, 6) is 1.41. The van der Waals surface area contributed by atoms with Crippen LogP contribution in [0.2, 0.25) is 0 Å². The number of carbonyl (C=O) groups is 1. The highest BCUT2D eigenvalue weighted by Crippen LogP contribution is 2.34. The number of carbonyl (C=O) groups excluding carboxylic acids is 1. The van der Waals surface area contributed by atoms with Gasteiger partial charge in [-0.15, -0.1) is 0 Å². The SMILES string of the molecule is COc1cc(C(C)=O)ccc1OCCCN1CCC(c2noc3ccc(F)cc23)CC1.Fc1ccc2onc(C3CCNCC3)c2c1. The van der Waals surface area contributed by atoms with Crippen LogP contribution in [0.25, 0.3) is 21.9 Å². The highest BCUT2D eigenvalue weighted by molar-refractivity contribution is 5.94. The highest BCUT2D eigenvalue weighted by Gasteiger charge is 2.25. The van der Waals surface area contributed by atoms with Crippen molar-refractivity contribution in [3.63, 3.8) is 0 Å². The normalized spacial score (nSPS) is 16.3. The average Bonchev–Trinajstić information content (AvgIpc) is 3.71. The Labute approximate surface area is 272 Å². The van der Waals surface area contributed by atoms with Crippen LogP contribution >= 0.6 is 0 Å². The second kappa shape index (κ2) is 15.0. The summed E-state index contributed by atoms with van der Waals surface area (Å²) < 4.78 is 48.6. The van der Waals surface area contributed by atoms with Crippen molar-refractivity contribution in [2.24, 2.45) is 0 Å². The number of nitrogens with zero attached hydrogens (tertiary/aromatic N) is 3. The predicted molar refractivity (Wildman–Crippen MR) is 174 cm³/mol. The molecule has 47 heavy (non-hydrogen) atoms. The molecule has 3 aromatic carbocycles. The molecule has 11 heteroatoms. The summed E-state index contributed by atoms with van der Waals surface area (Å²) in [7, 11) is 1.57. The van der Waals surface area contributed by atoms with Gasteiger partial charge in [-0.1, -0.05) is 10.3 Å². The Morgan fingerprint density at radius 2 is 1.45 bits per heavy atom. The van der Waals surface area contributed by atoms with Crippen molar-refractivity contribution in [1.82, 2.24) is 20.5 Å². The molecular formula is C36H40F2N4O5. The molecule has 0 unspecified atom stereocenters. The van der Waals surface area contributed by atoms with Crippen molar-refractivity contribution in [3.05, 3.63) is 83.2 Å². The fourth-order valence-corrected chi connectivity index (χ4v) is 6.45. The maximum absolute atomic E-state index is 13.6. The maximum Gasteiger partial charge on any atom is 0.167 e. The van der Waals surface area contributed by atoms with Crippen molar-refractivity contribution in [1.29, 1.82) is 0 Å². The molecule has 0 bridgehead atoms. The van der Waals surface area contributed by atoms with Crippen molar-refractivity contribution in [2.45, 2.75) is 50.9 Å². The zero-order valence-corrected chi connectivity index (χ0v) is 26.8. The summed E-state index contributed by atoms with van der Waals surface area (Å²) in [6.07, 6.45) is 4.91. The Kier molecular flexibility index (Phi) is 10.4. The zero-order chi connectivity index (χ0) is 32.8. The molecule has 0 amide bonds. The number of ether oxygens (including phenoxy) is 2. The first-order valence-corrected chi connectivity index (χ1v) is 16.2. The fraction of sp³-hybridized carbons (Fsp3) is 0.417. The minimum absolute atomic E-state index is 0.00277. The van der Waals surface area contributed by atoms with E-state index in [0.717, 1.165) is 87.0 Å². The number of ketones is 1. The van der Waals surface area contributed by atoms with Crippen LogP contribution in [0.15, 0.2) is 63.6 Å². The lowest BCUT2D eigenvalue weighted by Gasteiger charge is -2.31. The Hall–Kier alpha value is -4.35. The van der Waals surface area contributed by atoms with Gasteiger partial charge in [0.25, 0.3) is 0 Å². The number of fused-ring (bicyclic) bond motifs is 2. The largest absolute Gasteiger partial charge is 0.493 e. The summed E-state index contributed by atoms with van der Waals surface area (Å²) in [6.45, 7) is 6.96. The second-order valence-corrected chi connectivity index (χ2v) is 12.2. The molecule has 2 fully saturated rings. The highest BCUT2D eigenvalue weighted by atomic mass is 19.1. The third kappa shape index (κ3) is 7.80. The molecule has 0 saturated carbocycles. The molecule has 1 N–H and O–H groups in total. The smallest absolute Gasteiger partial charge is 0.167 e. The number of rotatable bonds is 9. The van der Waals surface area contributed by atoms with Crippen LogP contribution in [0.3, 0.4) is 0 Å². The van der Waals surface area contributed by atoms with Gasteiger partial charge in [0.2, 0.25) is 0 Å². The molecule has 2 aromatic heterocycles. The van der Waals surface area contributed by atoms with Crippen LogP contribution in [0.4, 0.5) is 8.78 Å². The molecule has 2 aliphatic heterocycles. The molecule has 9 nitrogen and oxygen atoms in total. The molecular weight excluding hydrogens is 606 g/mol. The fourth-order valence-electron chi connectivity index (χ4n) is 6.45. The topological polar surface area (TPSA) is 103 Å². The molecule has 2 saturated heterocycles. The lowest BCUT2D eigenvalue weighted by atomic mass is 9.91. The number of hydrogen-bond donors (Lipinski definition) is 1. The van der Waals surface area contributed by atoms with Crippen LogP contribution < -0.4 is 14.8 Å². The number of likely N-dealkylation sites (tertiary alicyclic amines) is 1. The number of piperidine rings is 2. The van der Waals surface area contributed by atoms with E-state index in [1.807, 2.05) is 0 Å². The van der Waals surface area contributed by atoms with Crippen LogP contribution in [-0.4, -0.2) is 67.4 Å². The third-order valence-corrected chi connectivity index (χ3v) is 9.07. The van der Waals surface area contributed by atoms with Gasteiger partial charge in [-0.2, -0.15) is 0 Å². The molecule has 0 spiro atoms. The van der Waals surface area contributed by atoms with Crippen molar-refractivity contribution in [2.75, 3.05) is 46.4 Å². The molecule has 4 heterocycles. The number of halogens is 2. The van der Waals surface area contributed by atoms with Crippen LogP contribution in [0.5, 0.6) is 11.5 Å². The van der Waals surface area contributed by atoms with Gasteiger partial charge in [0.1, 0.15) is 11.6 Å². The van der Waals surface area contributed by atoms with E-state index >= 15 is 0 Å². The van der Waals surface area contributed by atoms with Crippen molar-refractivity contribution < 1.29 is 32.1 Å². The van der Waals surface area contributed by atoms with Gasteiger partial charge < -0.3 is 28.7 Å². The van der Waals surface area contributed by atoms with Gasteiger partial charge in [-0.05, 0) is 120 Å². The van der Waals surface area contributed by atoms with E-state index in [9.17, 15) is 13.6 Å².